The van der Waals surface area contributed by atoms with Gasteiger partial charge in [0.15, 0.2) is 0 Å². The van der Waals surface area contributed by atoms with E-state index >= 15 is 0 Å². The van der Waals surface area contributed by atoms with E-state index in [9.17, 15) is 4.79 Å². The molecule has 7 heteroatoms. The lowest BCUT2D eigenvalue weighted by Gasteiger charge is -2.34. The Hall–Kier alpha value is -2.64. The third kappa shape index (κ3) is 4.84. The van der Waals surface area contributed by atoms with Gasteiger partial charge in [0, 0.05) is 44.7 Å². The first kappa shape index (κ1) is 15.3. The number of benzene rings is 1. The highest BCUT2D eigenvalue weighted by molar-refractivity contribution is 6.00. The van der Waals surface area contributed by atoms with Crippen LogP contribution in [-0.2, 0) is 20.8 Å². The Morgan fingerprint density at radius 1 is 1.24 bits per heavy atom. The summed E-state index contributed by atoms with van der Waals surface area (Å²) in [5.41, 5.74) is 3.40. The van der Waals surface area contributed by atoms with Gasteiger partial charge in [-0.05, 0) is 63.7 Å². The molecule has 1 aromatic heterocycles. The maximum Gasteiger partial charge on any atom is 0.230 e. The van der Waals surface area contributed by atoms with Crippen LogP contribution in [0.15, 0.2) is 36.5 Å². The number of nitrogens with one attached hydrogen (secondary N) is 1. The number of hydrogen-bond acceptors (Lipinski definition) is 6. The molecule has 0 spiro atoms. The Balaban J connectivity index is 1.37. The first-order valence-electron chi connectivity index (χ1n) is 15.0. The molecule has 3 heterocycles. The van der Waals surface area contributed by atoms with Gasteiger partial charge >= 0.3 is 0 Å². The van der Waals surface area contributed by atoms with Crippen LogP contribution in [0, 0.1) is 5.92 Å². The highest BCUT2D eigenvalue weighted by atomic mass is 16.5. The molecule has 5 rings (SSSR count). The molecule has 1 saturated carbocycles. The van der Waals surface area contributed by atoms with Gasteiger partial charge < -0.3 is 24.6 Å². The van der Waals surface area contributed by atoms with Crippen molar-refractivity contribution in [3.63, 3.8) is 0 Å². The summed E-state index contributed by atoms with van der Waals surface area (Å²) < 4.78 is 64.9. The first-order chi connectivity index (χ1) is 18.9. The molecule has 1 amide bonds. The van der Waals surface area contributed by atoms with Crippen LogP contribution in [-0.4, -0.2) is 49.4 Å². The predicted octanol–water partition coefficient (Wildman–Crippen LogP) is 4.49. The van der Waals surface area contributed by atoms with E-state index in [4.69, 9.17) is 19.1 Å². The van der Waals surface area contributed by atoms with Gasteiger partial charge in [0.25, 0.3) is 0 Å². The molecule has 33 heavy (non-hydrogen) atoms. The molecule has 0 radical (unpaired) electrons. The zero-order valence-corrected chi connectivity index (χ0v) is 18.5. The molecule has 176 valence electrons. The van der Waals surface area contributed by atoms with Gasteiger partial charge in [0.2, 0.25) is 5.91 Å². The van der Waals surface area contributed by atoms with Crippen molar-refractivity contribution >= 4 is 28.8 Å². The van der Waals surface area contributed by atoms with Gasteiger partial charge in [-0.3, -0.25) is 4.79 Å². The summed E-state index contributed by atoms with van der Waals surface area (Å²) in [4.78, 5) is 22.6. The monoisotopic (exact) mass is 457 g/mol. The third-order valence-electron chi connectivity index (χ3n) is 6.70. The summed E-state index contributed by atoms with van der Waals surface area (Å²) in [6.07, 6.45) is -0.699. The highest BCUT2D eigenvalue weighted by Crippen LogP contribution is 2.40. The van der Waals surface area contributed by atoms with Crippen molar-refractivity contribution in [2.45, 2.75) is 58.1 Å². The SMILES string of the molecule is [2H]C([2H])([2H])C([2H])(OC1CCC(C(=O)N2Cc3cccnc3Nc3ccc(N4CCOCC4)cc32)CC1)C([2H])([2H])[2H]. The van der Waals surface area contributed by atoms with Gasteiger partial charge in [-0.2, -0.15) is 0 Å². The molecule has 1 aliphatic carbocycles. The number of amides is 1. The largest absolute Gasteiger partial charge is 0.378 e. The van der Waals surface area contributed by atoms with Gasteiger partial charge in [-0.1, -0.05) is 6.07 Å². The molecule has 1 N–H and O–H groups in total. The number of hydrogen-bond donors (Lipinski definition) is 1. The minimum Gasteiger partial charge on any atom is -0.378 e. The summed E-state index contributed by atoms with van der Waals surface area (Å²) in [6.45, 7) is -3.16. The fourth-order valence-corrected chi connectivity index (χ4v) is 4.94. The van der Waals surface area contributed by atoms with Gasteiger partial charge in [-0.25, -0.2) is 4.98 Å². The van der Waals surface area contributed by atoms with Gasteiger partial charge in [-0.15, -0.1) is 0 Å². The number of pyridine rings is 1. The molecule has 2 aromatic rings. The number of nitrogens with zero attached hydrogens (tertiary/aromatic N) is 3. The minimum atomic E-state index is -3.15. The lowest BCUT2D eigenvalue weighted by atomic mass is 9.86. The van der Waals surface area contributed by atoms with Crippen molar-refractivity contribution in [3.05, 3.63) is 42.1 Å². The van der Waals surface area contributed by atoms with Crippen molar-refractivity contribution in [2.75, 3.05) is 41.4 Å². The molecule has 3 aliphatic rings. The summed E-state index contributed by atoms with van der Waals surface area (Å²) in [7, 11) is 0. The Bertz CT molecular complexity index is 1210. The predicted molar refractivity (Wildman–Crippen MR) is 130 cm³/mol. The van der Waals surface area contributed by atoms with Crippen LogP contribution in [0.4, 0.5) is 22.9 Å². The van der Waals surface area contributed by atoms with Gasteiger partial charge in [0.1, 0.15) is 5.82 Å². The topological polar surface area (TPSA) is 66.9 Å². The van der Waals surface area contributed by atoms with Crippen LogP contribution < -0.4 is 15.1 Å². The van der Waals surface area contributed by atoms with Crippen molar-refractivity contribution in [1.82, 2.24) is 4.98 Å². The molecule has 1 saturated heterocycles. The second kappa shape index (κ2) is 9.69. The number of carbonyl (C=O) groups is 1. The summed E-state index contributed by atoms with van der Waals surface area (Å²) in [5.74, 6) is 0.260. The van der Waals surface area contributed by atoms with Crippen LogP contribution in [0.3, 0.4) is 0 Å². The van der Waals surface area contributed by atoms with Crippen LogP contribution in [0.2, 0.25) is 0 Å². The number of rotatable bonds is 4. The molecule has 0 atom stereocenters. The Morgan fingerprint density at radius 3 is 2.85 bits per heavy atom. The molecule has 0 bridgehead atoms. The Labute approximate surface area is 205 Å². The molecule has 7 nitrogen and oxygen atoms in total. The normalized spacial score (nSPS) is 27.1. The molecule has 1 aromatic carbocycles. The van der Waals surface area contributed by atoms with Crippen molar-refractivity contribution < 1.29 is 23.9 Å². The lowest BCUT2D eigenvalue weighted by Crippen LogP contribution is -2.39. The van der Waals surface area contributed by atoms with Crippen molar-refractivity contribution in [3.8, 4) is 0 Å². The minimum absolute atomic E-state index is 0.0684. The molecule has 2 fully saturated rings. The van der Waals surface area contributed by atoms with E-state index in [0.29, 0.717) is 38.4 Å². The zero-order valence-electron chi connectivity index (χ0n) is 25.5. The van der Waals surface area contributed by atoms with E-state index in [2.05, 4.69) is 15.2 Å². The smallest absolute Gasteiger partial charge is 0.230 e. The number of aromatic nitrogens is 1. The fraction of sp³-hybridized carbons (Fsp3) is 0.538. The zero-order chi connectivity index (χ0) is 28.7. The molecule has 2 aliphatic heterocycles. The molecular formula is C26H34N4O3. The standard InChI is InChI=1S/C26H34N4O3/c1-18(2)33-22-8-5-19(6-9-22)26(31)30-17-20-4-3-11-27-25(20)28-23-10-7-21(16-24(23)30)29-12-14-32-15-13-29/h3-4,7,10-11,16,18-19,22H,5-6,8-9,12-15,17H2,1-2H3,(H,27,28)/i1D3,2D3,18D. The highest BCUT2D eigenvalue weighted by Gasteiger charge is 2.33. The maximum absolute atomic E-state index is 14.1. The van der Waals surface area contributed by atoms with E-state index < -0.39 is 25.9 Å². The quantitative estimate of drug-likeness (QED) is 0.730. The van der Waals surface area contributed by atoms with Crippen molar-refractivity contribution in [1.29, 1.82) is 0 Å². The van der Waals surface area contributed by atoms with E-state index in [0.717, 1.165) is 35.7 Å². The van der Waals surface area contributed by atoms with E-state index in [1.165, 1.54) is 0 Å². The van der Waals surface area contributed by atoms with E-state index in [1.807, 2.05) is 30.3 Å². The number of anilines is 4. The second-order valence-corrected chi connectivity index (χ2v) is 8.78. The lowest BCUT2D eigenvalue weighted by molar-refractivity contribution is -0.124. The van der Waals surface area contributed by atoms with Crippen LogP contribution in [0.1, 0.15) is 54.5 Å². The van der Waals surface area contributed by atoms with Crippen LogP contribution in [0.5, 0.6) is 0 Å². The van der Waals surface area contributed by atoms with E-state index in [1.54, 1.807) is 11.1 Å². The average molecular weight is 458 g/mol. The molecular weight excluding hydrogens is 416 g/mol. The van der Waals surface area contributed by atoms with Crippen LogP contribution >= 0.6 is 0 Å². The molecule has 0 unspecified atom stereocenters. The number of ether oxygens (including phenoxy) is 2. The second-order valence-electron chi connectivity index (χ2n) is 8.78. The maximum atomic E-state index is 14.1. The number of morpholine rings is 1. The summed E-state index contributed by atoms with van der Waals surface area (Å²) in [6, 6.07) is 9.79. The Morgan fingerprint density at radius 2 is 2.06 bits per heavy atom. The average Bonchev–Trinajstić information content (AvgIpc) is 3.08. The first-order valence-corrected chi connectivity index (χ1v) is 11.5. The summed E-state index contributed by atoms with van der Waals surface area (Å²) >= 11 is 0. The number of fused-ring (bicyclic) bond motifs is 2. The number of carbonyl (C=O) groups excluding carboxylic acids is 1. The third-order valence-corrected chi connectivity index (χ3v) is 6.70. The van der Waals surface area contributed by atoms with Gasteiger partial charge in [0.05, 0.1) is 44.7 Å². The van der Waals surface area contributed by atoms with Crippen molar-refractivity contribution in [2.24, 2.45) is 5.92 Å². The summed E-state index contributed by atoms with van der Waals surface area (Å²) in [5, 5.41) is 3.39. The van der Waals surface area contributed by atoms with Crippen LogP contribution in [0.25, 0.3) is 0 Å². The fourth-order valence-electron chi connectivity index (χ4n) is 4.94. The van der Waals surface area contributed by atoms with E-state index in [-0.39, 0.29) is 24.7 Å². The Kier molecular flexibility index (Phi) is 4.49.